The molecule has 0 spiro atoms. The maximum atomic E-state index is 12.5. The van der Waals surface area contributed by atoms with Crippen LogP contribution in [-0.2, 0) is 14.4 Å². The lowest BCUT2D eigenvalue weighted by Crippen LogP contribution is -2.40. The number of halogens is 1. The van der Waals surface area contributed by atoms with Crippen molar-refractivity contribution < 1.29 is 24.6 Å². The molecule has 26 heavy (non-hydrogen) atoms. The van der Waals surface area contributed by atoms with Gasteiger partial charge in [-0.05, 0) is 57.7 Å². The zero-order valence-corrected chi connectivity index (χ0v) is 17.5. The number of aliphatic carboxylic acids is 2. The first kappa shape index (κ1) is 22.4. The predicted molar refractivity (Wildman–Crippen MR) is 108 cm³/mol. The highest BCUT2D eigenvalue weighted by Crippen LogP contribution is 2.34. The highest BCUT2D eigenvalue weighted by Gasteiger charge is 2.21. The van der Waals surface area contributed by atoms with Crippen molar-refractivity contribution in [2.45, 2.75) is 39.5 Å². The SMILES string of the molecule is CC(C)c1cc(I)cc(C(C)C)c1NC(=O)CN(CC(=O)O)CC(=O)O. The molecular weight excluding hydrogens is 451 g/mol. The molecule has 0 heterocycles. The third-order valence-electron chi connectivity index (χ3n) is 3.76. The Balaban J connectivity index is 3.10. The van der Waals surface area contributed by atoms with Crippen LogP contribution < -0.4 is 5.32 Å². The van der Waals surface area contributed by atoms with Gasteiger partial charge in [-0.1, -0.05) is 27.7 Å². The van der Waals surface area contributed by atoms with E-state index in [4.69, 9.17) is 10.2 Å². The Kier molecular flexibility index (Phi) is 8.48. The van der Waals surface area contributed by atoms with Crippen LogP contribution in [0.15, 0.2) is 12.1 Å². The summed E-state index contributed by atoms with van der Waals surface area (Å²) in [7, 11) is 0. The van der Waals surface area contributed by atoms with E-state index in [1.165, 1.54) is 0 Å². The van der Waals surface area contributed by atoms with Gasteiger partial charge in [0, 0.05) is 9.26 Å². The number of benzene rings is 1. The molecule has 1 rings (SSSR count). The lowest BCUT2D eigenvalue weighted by atomic mass is 9.92. The van der Waals surface area contributed by atoms with Gasteiger partial charge in [-0.3, -0.25) is 19.3 Å². The van der Waals surface area contributed by atoms with E-state index in [9.17, 15) is 14.4 Å². The van der Waals surface area contributed by atoms with Crippen LogP contribution in [0.1, 0.15) is 50.7 Å². The normalized spacial score (nSPS) is 11.2. The second-order valence-electron chi connectivity index (χ2n) is 6.75. The molecule has 0 bridgehead atoms. The zero-order chi connectivity index (χ0) is 20.0. The van der Waals surface area contributed by atoms with Gasteiger partial charge in [0.25, 0.3) is 0 Å². The number of nitrogens with one attached hydrogen (secondary N) is 1. The largest absolute Gasteiger partial charge is 0.480 e. The highest BCUT2D eigenvalue weighted by atomic mass is 127. The Bertz CT molecular complexity index is 643. The Morgan fingerprint density at radius 1 is 0.962 bits per heavy atom. The molecule has 0 aromatic heterocycles. The minimum absolute atomic E-state index is 0.187. The Labute approximate surface area is 166 Å². The summed E-state index contributed by atoms with van der Waals surface area (Å²) in [4.78, 5) is 35.3. The molecule has 0 aliphatic heterocycles. The van der Waals surface area contributed by atoms with Crippen molar-refractivity contribution in [3.8, 4) is 0 Å². The first-order chi connectivity index (χ1) is 12.0. The standard InChI is InChI=1S/C18H25IN2O5/c1-10(2)13-5-12(19)6-14(11(3)4)18(13)20-15(22)7-21(8-16(23)24)9-17(25)26/h5-6,10-11H,7-9H2,1-4H3,(H,20,22)(H,23,24)(H,25,26). The van der Waals surface area contributed by atoms with Crippen LogP contribution in [0.4, 0.5) is 5.69 Å². The van der Waals surface area contributed by atoms with E-state index < -0.39 is 30.9 Å². The molecule has 0 unspecified atom stereocenters. The van der Waals surface area contributed by atoms with E-state index >= 15 is 0 Å². The van der Waals surface area contributed by atoms with Gasteiger partial charge in [0.2, 0.25) is 5.91 Å². The molecule has 1 aromatic carbocycles. The van der Waals surface area contributed by atoms with Crippen molar-refractivity contribution in [1.29, 1.82) is 0 Å². The molecule has 1 amide bonds. The molecular formula is C18H25IN2O5. The molecule has 0 aliphatic rings. The molecule has 7 nitrogen and oxygen atoms in total. The van der Waals surface area contributed by atoms with Crippen molar-refractivity contribution in [2.75, 3.05) is 25.0 Å². The number of carboxylic acids is 2. The Morgan fingerprint density at radius 3 is 1.73 bits per heavy atom. The fraction of sp³-hybridized carbons (Fsp3) is 0.500. The third-order valence-corrected chi connectivity index (χ3v) is 4.38. The third kappa shape index (κ3) is 6.91. The number of anilines is 1. The van der Waals surface area contributed by atoms with Gasteiger partial charge in [0.15, 0.2) is 0 Å². The van der Waals surface area contributed by atoms with Crippen molar-refractivity contribution in [3.05, 3.63) is 26.8 Å². The number of hydrogen-bond acceptors (Lipinski definition) is 4. The molecule has 144 valence electrons. The average Bonchev–Trinajstić information content (AvgIpc) is 2.46. The van der Waals surface area contributed by atoms with Gasteiger partial charge in [-0.15, -0.1) is 0 Å². The molecule has 0 fully saturated rings. The highest BCUT2D eigenvalue weighted by molar-refractivity contribution is 14.1. The van der Waals surface area contributed by atoms with Crippen molar-refractivity contribution in [3.63, 3.8) is 0 Å². The van der Waals surface area contributed by atoms with E-state index in [2.05, 4.69) is 27.9 Å². The molecule has 0 aliphatic carbocycles. The molecule has 0 atom stereocenters. The number of nitrogens with zero attached hydrogens (tertiary/aromatic N) is 1. The molecule has 0 radical (unpaired) electrons. The molecule has 8 heteroatoms. The molecule has 0 saturated heterocycles. The summed E-state index contributed by atoms with van der Waals surface area (Å²) in [6, 6.07) is 4.03. The number of carbonyl (C=O) groups excluding carboxylic acids is 1. The number of hydrogen-bond donors (Lipinski definition) is 3. The molecule has 3 N–H and O–H groups in total. The maximum absolute atomic E-state index is 12.5. The number of amides is 1. The van der Waals surface area contributed by atoms with Gasteiger partial charge >= 0.3 is 11.9 Å². The van der Waals surface area contributed by atoms with E-state index in [-0.39, 0.29) is 18.4 Å². The predicted octanol–water partition coefficient (Wildman–Crippen LogP) is 2.95. The van der Waals surface area contributed by atoms with Gasteiger partial charge < -0.3 is 15.5 Å². The van der Waals surface area contributed by atoms with Crippen molar-refractivity contribution >= 4 is 46.1 Å². The van der Waals surface area contributed by atoms with Crippen LogP contribution in [0.5, 0.6) is 0 Å². The van der Waals surface area contributed by atoms with E-state index in [0.717, 1.165) is 25.3 Å². The second kappa shape index (κ2) is 9.86. The van der Waals surface area contributed by atoms with Crippen LogP contribution in [0.3, 0.4) is 0 Å². The van der Waals surface area contributed by atoms with Crippen molar-refractivity contribution in [2.24, 2.45) is 0 Å². The van der Waals surface area contributed by atoms with Crippen LogP contribution in [-0.4, -0.2) is 52.6 Å². The monoisotopic (exact) mass is 476 g/mol. The number of rotatable bonds is 9. The van der Waals surface area contributed by atoms with Gasteiger partial charge in [-0.25, -0.2) is 0 Å². The second-order valence-corrected chi connectivity index (χ2v) is 8.00. The maximum Gasteiger partial charge on any atom is 0.317 e. The quantitative estimate of drug-likeness (QED) is 0.474. The van der Waals surface area contributed by atoms with Crippen LogP contribution in [0.2, 0.25) is 0 Å². The van der Waals surface area contributed by atoms with E-state index in [0.29, 0.717) is 0 Å². The summed E-state index contributed by atoms with van der Waals surface area (Å²) >= 11 is 2.24. The first-order valence-electron chi connectivity index (χ1n) is 8.30. The molecule has 0 saturated carbocycles. The molecule has 1 aromatic rings. The summed E-state index contributed by atoms with van der Waals surface area (Å²) in [5.41, 5.74) is 2.72. The first-order valence-corrected chi connectivity index (χ1v) is 9.38. The fourth-order valence-electron chi connectivity index (χ4n) is 2.64. The minimum atomic E-state index is -1.18. The number of carbonyl (C=O) groups is 3. The van der Waals surface area contributed by atoms with Gasteiger partial charge in [0.05, 0.1) is 19.6 Å². The fourth-order valence-corrected chi connectivity index (χ4v) is 3.31. The average molecular weight is 476 g/mol. The topological polar surface area (TPSA) is 107 Å². The van der Waals surface area contributed by atoms with E-state index in [1.54, 1.807) is 0 Å². The summed E-state index contributed by atoms with van der Waals surface area (Å²) < 4.78 is 1.08. The Morgan fingerprint density at radius 2 is 1.38 bits per heavy atom. The summed E-state index contributed by atoms with van der Waals surface area (Å²) in [5, 5.41) is 20.7. The van der Waals surface area contributed by atoms with Crippen LogP contribution in [0.25, 0.3) is 0 Å². The van der Waals surface area contributed by atoms with Gasteiger partial charge in [0.1, 0.15) is 0 Å². The van der Waals surface area contributed by atoms with E-state index in [1.807, 2.05) is 39.8 Å². The van der Waals surface area contributed by atoms with Crippen LogP contribution in [0, 0.1) is 3.57 Å². The smallest absolute Gasteiger partial charge is 0.317 e. The number of carboxylic acid groups (broad SMARTS) is 2. The Hall–Kier alpha value is -1.68. The lowest BCUT2D eigenvalue weighted by molar-refractivity contribution is -0.142. The summed E-state index contributed by atoms with van der Waals surface area (Å²) in [6.45, 7) is 6.80. The summed E-state index contributed by atoms with van der Waals surface area (Å²) in [5.74, 6) is -2.42. The lowest BCUT2D eigenvalue weighted by Gasteiger charge is -2.23. The minimum Gasteiger partial charge on any atom is -0.480 e. The van der Waals surface area contributed by atoms with Crippen LogP contribution >= 0.6 is 22.6 Å². The summed E-state index contributed by atoms with van der Waals surface area (Å²) in [6.07, 6.45) is 0. The van der Waals surface area contributed by atoms with Gasteiger partial charge in [-0.2, -0.15) is 0 Å². The van der Waals surface area contributed by atoms with Crippen molar-refractivity contribution in [1.82, 2.24) is 4.90 Å². The zero-order valence-electron chi connectivity index (χ0n) is 15.4.